The number of nitrogens with zero attached hydrogens (tertiary/aromatic N) is 1. The molecule has 9 heteroatoms. The predicted molar refractivity (Wildman–Crippen MR) is 98.3 cm³/mol. The number of benzene rings is 1. The maximum Gasteiger partial charge on any atom is 0.341 e. The van der Waals surface area contributed by atoms with Crippen LogP contribution in [0.1, 0.15) is 52.0 Å². The Labute approximate surface area is 158 Å². The summed E-state index contributed by atoms with van der Waals surface area (Å²) in [7, 11) is 0. The number of anilines is 1. The van der Waals surface area contributed by atoms with Crippen LogP contribution in [-0.4, -0.2) is 23.4 Å². The Bertz CT molecular complexity index is 891. The average molecular weight is 395 g/mol. The zero-order valence-electron chi connectivity index (χ0n) is 13.8. The van der Waals surface area contributed by atoms with Crippen molar-refractivity contribution < 1.29 is 19.2 Å². The highest BCUT2D eigenvalue weighted by atomic mass is 35.5. The fourth-order valence-corrected chi connectivity index (χ4v) is 3.75. The molecule has 1 N–H and O–H groups in total. The summed E-state index contributed by atoms with van der Waals surface area (Å²) in [6.45, 7) is 1.95. The zero-order valence-corrected chi connectivity index (χ0v) is 15.4. The van der Waals surface area contributed by atoms with Gasteiger partial charge in [0.1, 0.15) is 10.0 Å². The molecule has 26 heavy (non-hydrogen) atoms. The van der Waals surface area contributed by atoms with Crippen molar-refractivity contribution >= 4 is 45.5 Å². The van der Waals surface area contributed by atoms with E-state index in [0.29, 0.717) is 16.5 Å². The molecular formula is C17H15ClN2O5S. The number of carbonyl (C=O) groups is 2. The van der Waals surface area contributed by atoms with Crippen molar-refractivity contribution in [2.24, 2.45) is 0 Å². The molecule has 1 heterocycles. The molecule has 1 fully saturated rings. The second kappa shape index (κ2) is 7.43. The second-order valence-electron chi connectivity index (χ2n) is 5.77. The first kappa shape index (κ1) is 18.3. The second-order valence-corrected chi connectivity index (χ2v) is 7.05. The lowest BCUT2D eigenvalue weighted by molar-refractivity contribution is -0.384. The van der Waals surface area contributed by atoms with Crippen LogP contribution in [0, 0.1) is 10.1 Å². The molecule has 1 aromatic carbocycles. The summed E-state index contributed by atoms with van der Waals surface area (Å²) in [4.78, 5) is 35.1. The minimum absolute atomic E-state index is 0.0501. The number of thiophene rings is 1. The summed E-state index contributed by atoms with van der Waals surface area (Å²) < 4.78 is 5.11. The molecule has 7 nitrogen and oxygen atoms in total. The van der Waals surface area contributed by atoms with Gasteiger partial charge in [-0.1, -0.05) is 11.6 Å². The molecular weight excluding hydrogens is 380 g/mol. The SMILES string of the molecule is CCOC(=O)c1c(C2CC2)csc1NC(=O)c1ccc(Cl)c([N+](=O)[O-])c1. The zero-order chi connectivity index (χ0) is 18.8. The lowest BCUT2D eigenvalue weighted by atomic mass is 10.1. The lowest BCUT2D eigenvalue weighted by Crippen LogP contribution is -2.15. The van der Waals surface area contributed by atoms with Gasteiger partial charge in [0.05, 0.1) is 17.1 Å². The Morgan fingerprint density at radius 3 is 2.77 bits per heavy atom. The summed E-state index contributed by atoms with van der Waals surface area (Å²) in [5, 5.41) is 15.8. The number of carbonyl (C=O) groups excluding carboxylic acids is 2. The van der Waals surface area contributed by atoms with Gasteiger partial charge >= 0.3 is 5.97 Å². The predicted octanol–water partition coefficient (Wildman–Crippen LogP) is 4.62. The minimum atomic E-state index is -0.653. The summed E-state index contributed by atoms with van der Waals surface area (Å²) in [5.74, 6) is -0.722. The fraction of sp³-hybridized carbons (Fsp3) is 0.294. The maximum absolute atomic E-state index is 12.5. The lowest BCUT2D eigenvalue weighted by Gasteiger charge is -2.08. The van der Waals surface area contributed by atoms with E-state index in [1.54, 1.807) is 6.92 Å². The van der Waals surface area contributed by atoms with Crippen LogP contribution in [0.3, 0.4) is 0 Å². The Hall–Kier alpha value is -2.45. The van der Waals surface area contributed by atoms with Crippen molar-refractivity contribution in [1.82, 2.24) is 0 Å². The van der Waals surface area contributed by atoms with Gasteiger partial charge in [0.25, 0.3) is 11.6 Å². The standard InChI is InChI=1S/C17H15ClN2O5S/c1-2-25-17(22)14-11(9-3-4-9)8-26-16(14)19-15(21)10-5-6-12(18)13(7-10)20(23)24/h5-9H,2-4H2,1H3,(H,19,21). The van der Waals surface area contributed by atoms with E-state index in [4.69, 9.17) is 16.3 Å². The van der Waals surface area contributed by atoms with Crippen LogP contribution in [0.25, 0.3) is 0 Å². The van der Waals surface area contributed by atoms with Gasteiger partial charge < -0.3 is 10.1 Å². The van der Waals surface area contributed by atoms with E-state index in [2.05, 4.69) is 5.32 Å². The van der Waals surface area contributed by atoms with Gasteiger partial charge in [-0.15, -0.1) is 11.3 Å². The summed E-state index contributed by atoms with van der Waals surface area (Å²) in [6, 6.07) is 3.80. The van der Waals surface area contributed by atoms with Crippen molar-refractivity contribution in [3.05, 3.63) is 55.4 Å². The number of ether oxygens (including phenoxy) is 1. The van der Waals surface area contributed by atoms with Gasteiger partial charge in [-0.05, 0) is 48.8 Å². The highest BCUT2D eigenvalue weighted by Gasteiger charge is 2.32. The molecule has 0 unspecified atom stereocenters. The molecule has 0 bridgehead atoms. The number of nitro benzene ring substituents is 1. The van der Waals surface area contributed by atoms with Crippen LogP contribution in [0.15, 0.2) is 23.6 Å². The van der Waals surface area contributed by atoms with Gasteiger partial charge in [0, 0.05) is 11.6 Å². The topological polar surface area (TPSA) is 98.5 Å². The third kappa shape index (κ3) is 3.71. The highest BCUT2D eigenvalue weighted by Crippen LogP contribution is 2.46. The van der Waals surface area contributed by atoms with E-state index < -0.39 is 16.8 Å². The van der Waals surface area contributed by atoms with E-state index in [-0.39, 0.29) is 22.9 Å². The summed E-state index contributed by atoms with van der Waals surface area (Å²) in [6.07, 6.45) is 2.00. The quantitative estimate of drug-likeness (QED) is 0.438. The Balaban J connectivity index is 1.89. The van der Waals surface area contributed by atoms with E-state index in [9.17, 15) is 19.7 Å². The highest BCUT2D eigenvalue weighted by molar-refractivity contribution is 7.15. The summed E-state index contributed by atoms with van der Waals surface area (Å²) in [5.41, 5.74) is 0.981. The van der Waals surface area contributed by atoms with E-state index in [1.165, 1.54) is 23.5 Å². The minimum Gasteiger partial charge on any atom is -0.462 e. The molecule has 0 saturated heterocycles. The molecule has 1 amide bonds. The third-order valence-electron chi connectivity index (χ3n) is 3.95. The largest absolute Gasteiger partial charge is 0.462 e. The van der Waals surface area contributed by atoms with Gasteiger partial charge in [0.15, 0.2) is 0 Å². The number of hydrogen-bond donors (Lipinski definition) is 1. The first-order valence-electron chi connectivity index (χ1n) is 7.96. The first-order chi connectivity index (χ1) is 12.4. The first-order valence-corrected chi connectivity index (χ1v) is 9.22. The molecule has 0 radical (unpaired) electrons. The van der Waals surface area contributed by atoms with E-state index in [0.717, 1.165) is 24.5 Å². The Kier molecular flexibility index (Phi) is 5.24. The van der Waals surface area contributed by atoms with Crippen LogP contribution in [0.2, 0.25) is 5.02 Å². The third-order valence-corrected chi connectivity index (χ3v) is 5.18. The van der Waals surface area contributed by atoms with Crippen molar-refractivity contribution in [1.29, 1.82) is 0 Å². The molecule has 1 aliphatic carbocycles. The number of esters is 1. The monoisotopic (exact) mass is 394 g/mol. The molecule has 1 aliphatic rings. The van der Waals surface area contributed by atoms with Crippen LogP contribution >= 0.6 is 22.9 Å². The van der Waals surface area contributed by atoms with Crippen LogP contribution in [0.5, 0.6) is 0 Å². The average Bonchev–Trinajstić information content (AvgIpc) is 3.36. The van der Waals surface area contributed by atoms with Crippen molar-refractivity contribution in [2.45, 2.75) is 25.7 Å². The fourth-order valence-electron chi connectivity index (χ4n) is 2.54. The maximum atomic E-state index is 12.5. The van der Waals surface area contributed by atoms with E-state index >= 15 is 0 Å². The Morgan fingerprint density at radius 1 is 1.42 bits per heavy atom. The number of rotatable bonds is 6. The molecule has 0 spiro atoms. The number of nitro groups is 1. The summed E-state index contributed by atoms with van der Waals surface area (Å²) >= 11 is 7.01. The van der Waals surface area contributed by atoms with Crippen molar-refractivity contribution in [3.8, 4) is 0 Å². The molecule has 2 aromatic rings. The number of hydrogen-bond acceptors (Lipinski definition) is 6. The smallest absolute Gasteiger partial charge is 0.341 e. The molecule has 0 aliphatic heterocycles. The molecule has 1 aromatic heterocycles. The number of amides is 1. The molecule has 3 rings (SSSR count). The van der Waals surface area contributed by atoms with Gasteiger partial charge in [-0.2, -0.15) is 0 Å². The molecule has 0 atom stereocenters. The molecule has 136 valence electrons. The van der Waals surface area contributed by atoms with Crippen molar-refractivity contribution in [2.75, 3.05) is 11.9 Å². The normalized spacial score (nSPS) is 13.3. The molecule has 1 saturated carbocycles. The van der Waals surface area contributed by atoms with Gasteiger partial charge in [-0.3, -0.25) is 14.9 Å². The van der Waals surface area contributed by atoms with Crippen LogP contribution < -0.4 is 5.32 Å². The van der Waals surface area contributed by atoms with Gasteiger partial charge in [-0.25, -0.2) is 4.79 Å². The van der Waals surface area contributed by atoms with E-state index in [1.807, 2.05) is 5.38 Å². The van der Waals surface area contributed by atoms with Gasteiger partial charge in [0.2, 0.25) is 0 Å². The number of halogens is 1. The Morgan fingerprint density at radius 2 is 2.15 bits per heavy atom. The number of nitrogens with one attached hydrogen (secondary N) is 1. The van der Waals surface area contributed by atoms with Crippen LogP contribution in [0.4, 0.5) is 10.7 Å². The van der Waals surface area contributed by atoms with Crippen molar-refractivity contribution in [3.63, 3.8) is 0 Å². The van der Waals surface area contributed by atoms with Crippen LogP contribution in [-0.2, 0) is 4.74 Å².